The van der Waals surface area contributed by atoms with E-state index in [1.54, 1.807) is 11.3 Å². The number of hydrogen-bond acceptors (Lipinski definition) is 7. The van der Waals surface area contributed by atoms with Crippen LogP contribution in [0.2, 0.25) is 0 Å². The molecule has 1 aliphatic carbocycles. The highest BCUT2D eigenvalue weighted by molar-refractivity contribution is 7.98. The van der Waals surface area contributed by atoms with Crippen molar-refractivity contribution >= 4 is 33.3 Å². The van der Waals surface area contributed by atoms with Gasteiger partial charge in [0.25, 0.3) is 10.8 Å². The van der Waals surface area contributed by atoms with Crippen molar-refractivity contribution in [1.82, 2.24) is 20.2 Å². The largest absolute Gasteiger partial charge is 0.416 e. The maximum Gasteiger partial charge on any atom is 0.277 e. The summed E-state index contributed by atoms with van der Waals surface area (Å²) >= 11 is 3.07. The molecule has 0 spiro atoms. The van der Waals surface area contributed by atoms with E-state index in [0.29, 0.717) is 35.0 Å². The zero-order valence-corrected chi connectivity index (χ0v) is 18.3. The van der Waals surface area contributed by atoms with Crippen LogP contribution in [0, 0.1) is 0 Å². The van der Waals surface area contributed by atoms with Gasteiger partial charge in [-0.2, -0.15) is 0 Å². The van der Waals surface area contributed by atoms with Gasteiger partial charge in [0, 0.05) is 11.3 Å². The standard InChI is InChI=1S/C22H22N4O2S2/c1-13(14-7-3-2-4-8-14)11-18-25-26-22(28-18)29-12-17-23-20(27)19-15-9-5-6-10-16(15)30-21(19)24-17/h2-4,7-8,13H,5-6,9-12H2,1H3,(H,23,24,27)/t13-/m1/s1. The first kappa shape index (κ1) is 19.5. The van der Waals surface area contributed by atoms with Crippen molar-refractivity contribution in [2.75, 3.05) is 0 Å². The molecule has 1 atom stereocenters. The van der Waals surface area contributed by atoms with E-state index < -0.39 is 0 Å². The van der Waals surface area contributed by atoms with Gasteiger partial charge in [-0.05, 0) is 42.7 Å². The zero-order valence-electron chi connectivity index (χ0n) is 16.7. The second kappa shape index (κ2) is 8.35. The Morgan fingerprint density at radius 1 is 1.20 bits per heavy atom. The van der Waals surface area contributed by atoms with Gasteiger partial charge in [0.1, 0.15) is 10.7 Å². The van der Waals surface area contributed by atoms with Crippen molar-refractivity contribution < 1.29 is 4.42 Å². The van der Waals surface area contributed by atoms with E-state index in [1.807, 2.05) is 18.2 Å². The van der Waals surface area contributed by atoms with Crippen molar-refractivity contribution in [3.05, 3.63) is 68.4 Å². The fraction of sp³-hybridized carbons (Fsp3) is 0.364. The second-order valence-corrected chi connectivity index (χ2v) is 9.68. The minimum absolute atomic E-state index is 0.0297. The summed E-state index contributed by atoms with van der Waals surface area (Å²) in [6, 6.07) is 10.3. The zero-order chi connectivity index (χ0) is 20.5. The molecule has 154 valence electrons. The van der Waals surface area contributed by atoms with Crippen molar-refractivity contribution in [3.8, 4) is 0 Å². The number of benzene rings is 1. The maximum absolute atomic E-state index is 12.7. The molecule has 1 aromatic carbocycles. The third-order valence-electron chi connectivity index (χ3n) is 5.50. The molecule has 3 heterocycles. The summed E-state index contributed by atoms with van der Waals surface area (Å²) in [6.07, 6.45) is 5.09. The van der Waals surface area contributed by atoms with E-state index in [2.05, 4.69) is 34.2 Å². The third kappa shape index (κ3) is 3.94. The first-order valence-electron chi connectivity index (χ1n) is 10.2. The van der Waals surface area contributed by atoms with Crippen molar-refractivity contribution in [3.63, 3.8) is 0 Å². The van der Waals surface area contributed by atoms with Gasteiger partial charge in [0.05, 0.1) is 11.1 Å². The van der Waals surface area contributed by atoms with Crippen LogP contribution in [0.3, 0.4) is 0 Å². The first-order chi connectivity index (χ1) is 14.7. The molecule has 0 radical (unpaired) electrons. The Labute approximate surface area is 182 Å². The summed E-state index contributed by atoms with van der Waals surface area (Å²) in [5.41, 5.74) is 2.43. The van der Waals surface area contributed by atoms with E-state index >= 15 is 0 Å². The van der Waals surface area contributed by atoms with Crippen LogP contribution in [0.25, 0.3) is 10.2 Å². The molecule has 30 heavy (non-hydrogen) atoms. The fourth-order valence-electron chi connectivity index (χ4n) is 3.95. The molecule has 0 amide bonds. The summed E-state index contributed by atoms with van der Waals surface area (Å²) in [4.78, 5) is 22.5. The van der Waals surface area contributed by atoms with E-state index in [4.69, 9.17) is 9.40 Å². The number of H-pyrrole nitrogens is 1. The number of fused-ring (bicyclic) bond motifs is 3. The molecule has 0 unspecified atom stereocenters. The van der Waals surface area contributed by atoms with Crippen LogP contribution in [0.15, 0.2) is 44.8 Å². The predicted molar refractivity (Wildman–Crippen MR) is 119 cm³/mol. The number of hydrogen-bond donors (Lipinski definition) is 1. The summed E-state index contributed by atoms with van der Waals surface area (Å²) in [6.45, 7) is 2.15. The van der Waals surface area contributed by atoms with Crippen LogP contribution >= 0.6 is 23.1 Å². The molecular formula is C22H22N4O2S2. The smallest absolute Gasteiger partial charge is 0.277 e. The number of aromatic nitrogens is 4. The van der Waals surface area contributed by atoms with Crippen LogP contribution in [0.5, 0.6) is 0 Å². The molecule has 6 nitrogen and oxygen atoms in total. The van der Waals surface area contributed by atoms with Gasteiger partial charge in [0.15, 0.2) is 0 Å². The highest BCUT2D eigenvalue weighted by Crippen LogP contribution is 2.34. The summed E-state index contributed by atoms with van der Waals surface area (Å²) < 4.78 is 5.81. The minimum atomic E-state index is -0.0297. The number of rotatable bonds is 6. The van der Waals surface area contributed by atoms with Crippen LogP contribution in [0.1, 0.15) is 53.4 Å². The third-order valence-corrected chi connectivity index (χ3v) is 7.52. The average Bonchev–Trinajstić information content (AvgIpc) is 3.37. The van der Waals surface area contributed by atoms with Crippen molar-refractivity contribution in [2.24, 2.45) is 0 Å². The molecule has 4 aromatic rings. The number of thiophene rings is 1. The van der Waals surface area contributed by atoms with Crippen LogP contribution < -0.4 is 5.56 Å². The van der Waals surface area contributed by atoms with Crippen molar-refractivity contribution in [2.45, 2.75) is 55.9 Å². The topological polar surface area (TPSA) is 84.7 Å². The number of nitrogens with one attached hydrogen (secondary N) is 1. The van der Waals surface area contributed by atoms with Crippen molar-refractivity contribution in [1.29, 1.82) is 0 Å². The van der Waals surface area contributed by atoms with E-state index in [9.17, 15) is 4.79 Å². The van der Waals surface area contributed by atoms with Gasteiger partial charge in [-0.3, -0.25) is 4.79 Å². The van der Waals surface area contributed by atoms with E-state index in [1.165, 1.54) is 34.2 Å². The Morgan fingerprint density at radius 2 is 2.03 bits per heavy atom. The Hall–Kier alpha value is -2.45. The molecule has 8 heteroatoms. The lowest BCUT2D eigenvalue weighted by Gasteiger charge is -2.09. The molecule has 5 rings (SSSR count). The number of thioether (sulfide) groups is 1. The molecule has 1 N–H and O–H groups in total. The van der Waals surface area contributed by atoms with Gasteiger partial charge in [-0.1, -0.05) is 49.0 Å². The lowest BCUT2D eigenvalue weighted by Crippen LogP contribution is -2.12. The Balaban J connectivity index is 1.27. The van der Waals surface area contributed by atoms with Crippen LogP contribution in [-0.4, -0.2) is 20.2 Å². The second-order valence-electron chi connectivity index (χ2n) is 7.67. The van der Waals surface area contributed by atoms with Gasteiger partial charge in [-0.25, -0.2) is 4.98 Å². The SMILES string of the molecule is C[C@H](Cc1nnc(SCc2nc3sc4c(c3c(=O)[nH]2)CCCC4)o1)c1ccccc1. The normalized spacial score (nSPS) is 14.7. The highest BCUT2D eigenvalue weighted by atomic mass is 32.2. The molecule has 0 aliphatic heterocycles. The summed E-state index contributed by atoms with van der Waals surface area (Å²) in [7, 11) is 0. The van der Waals surface area contributed by atoms with E-state index in [-0.39, 0.29) is 5.56 Å². The van der Waals surface area contributed by atoms with Gasteiger partial charge in [0.2, 0.25) is 5.89 Å². The monoisotopic (exact) mass is 438 g/mol. The molecule has 0 saturated carbocycles. The van der Waals surface area contributed by atoms with Crippen LogP contribution in [0.4, 0.5) is 0 Å². The van der Waals surface area contributed by atoms with Crippen LogP contribution in [-0.2, 0) is 25.0 Å². The maximum atomic E-state index is 12.7. The Bertz CT molecular complexity index is 1230. The average molecular weight is 439 g/mol. The predicted octanol–water partition coefficient (Wildman–Crippen LogP) is 4.88. The van der Waals surface area contributed by atoms with Gasteiger partial charge in [-0.15, -0.1) is 21.5 Å². The molecule has 1 aliphatic rings. The van der Waals surface area contributed by atoms with E-state index in [0.717, 1.165) is 29.5 Å². The number of nitrogens with zero attached hydrogens (tertiary/aromatic N) is 3. The number of aryl methyl sites for hydroxylation is 2. The number of aromatic amines is 1. The summed E-state index contributed by atoms with van der Waals surface area (Å²) in [5, 5.41) is 9.61. The molecule has 0 saturated heterocycles. The van der Waals surface area contributed by atoms with Gasteiger partial charge < -0.3 is 9.40 Å². The molecule has 3 aromatic heterocycles. The molecular weight excluding hydrogens is 416 g/mol. The van der Waals surface area contributed by atoms with Gasteiger partial charge >= 0.3 is 0 Å². The molecule has 0 bridgehead atoms. The minimum Gasteiger partial charge on any atom is -0.416 e. The first-order valence-corrected chi connectivity index (χ1v) is 12.0. The summed E-state index contributed by atoms with van der Waals surface area (Å²) in [5.74, 6) is 2.06. The lowest BCUT2D eigenvalue weighted by atomic mass is 9.97. The Morgan fingerprint density at radius 3 is 2.90 bits per heavy atom. The molecule has 0 fully saturated rings. The lowest BCUT2D eigenvalue weighted by molar-refractivity contribution is 0.404. The quantitative estimate of drug-likeness (QED) is 0.432. The fourth-order valence-corrected chi connectivity index (χ4v) is 5.88. The Kier molecular flexibility index (Phi) is 5.43. The highest BCUT2D eigenvalue weighted by Gasteiger charge is 2.20.